The number of aryl methyl sites for hydroxylation is 1. The van der Waals surface area contributed by atoms with Gasteiger partial charge < -0.3 is 14.4 Å². The second-order valence-electron chi connectivity index (χ2n) is 8.81. The minimum Gasteiger partial charge on any atom is -0.439 e. The van der Waals surface area contributed by atoms with Crippen molar-refractivity contribution in [1.82, 2.24) is 14.7 Å². The molecule has 7 heteroatoms. The number of hydrogen-bond donors (Lipinski definition) is 0. The molecule has 33 heavy (non-hydrogen) atoms. The molecule has 2 heterocycles. The highest BCUT2D eigenvalue weighted by atomic mass is 35.5. The molecule has 1 saturated carbocycles. The third-order valence-electron chi connectivity index (χ3n) is 6.20. The monoisotopic (exact) mass is 465 g/mol. The zero-order valence-corrected chi connectivity index (χ0v) is 19.5. The van der Waals surface area contributed by atoms with Crippen molar-refractivity contribution in [3.05, 3.63) is 65.2 Å². The normalized spacial score (nSPS) is 17.8. The van der Waals surface area contributed by atoms with Gasteiger partial charge in [0.15, 0.2) is 0 Å². The van der Waals surface area contributed by atoms with Gasteiger partial charge in [-0.05, 0) is 49.9 Å². The van der Waals surface area contributed by atoms with Crippen molar-refractivity contribution < 1.29 is 14.3 Å². The Bertz CT molecular complexity index is 1100. The third kappa shape index (κ3) is 5.07. The lowest BCUT2D eigenvalue weighted by Gasteiger charge is -2.26. The van der Waals surface area contributed by atoms with Crippen molar-refractivity contribution in [1.29, 1.82) is 0 Å². The maximum atomic E-state index is 13.2. The molecule has 0 bridgehead atoms. The Balaban J connectivity index is 1.52. The summed E-state index contributed by atoms with van der Waals surface area (Å²) in [7, 11) is 1.87. The second kappa shape index (κ2) is 9.57. The van der Waals surface area contributed by atoms with Crippen molar-refractivity contribution in [2.24, 2.45) is 13.0 Å². The van der Waals surface area contributed by atoms with Crippen LogP contribution in [-0.2, 0) is 23.1 Å². The van der Waals surface area contributed by atoms with E-state index in [1.165, 1.54) is 0 Å². The van der Waals surface area contributed by atoms with Crippen LogP contribution in [-0.4, -0.2) is 39.8 Å². The van der Waals surface area contributed by atoms with Crippen LogP contribution < -0.4 is 4.74 Å². The lowest BCUT2D eigenvalue weighted by molar-refractivity contribution is -0.134. The Morgan fingerprint density at radius 3 is 2.58 bits per heavy atom. The molecule has 1 aliphatic carbocycles. The second-order valence-corrected chi connectivity index (χ2v) is 9.24. The fourth-order valence-corrected chi connectivity index (χ4v) is 4.44. The summed E-state index contributed by atoms with van der Waals surface area (Å²) < 4.78 is 13.9. The number of nitrogens with zero attached hydrogens (tertiary/aromatic N) is 3. The molecule has 5 rings (SSSR count). The first-order valence-electron chi connectivity index (χ1n) is 11.5. The first-order chi connectivity index (χ1) is 16.1. The summed E-state index contributed by atoms with van der Waals surface area (Å²) in [5, 5.41) is 5.44. The highest BCUT2D eigenvalue weighted by Crippen LogP contribution is 2.37. The molecule has 2 aromatic carbocycles. The van der Waals surface area contributed by atoms with Gasteiger partial charge in [-0.15, -0.1) is 0 Å². The summed E-state index contributed by atoms with van der Waals surface area (Å²) in [5.74, 6) is 1.62. The third-order valence-corrected chi connectivity index (χ3v) is 6.45. The van der Waals surface area contributed by atoms with Gasteiger partial charge in [0.05, 0.1) is 18.2 Å². The molecule has 0 N–H and O–H groups in total. The van der Waals surface area contributed by atoms with E-state index in [0.29, 0.717) is 29.7 Å². The van der Waals surface area contributed by atoms with Gasteiger partial charge in [0.25, 0.3) is 0 Å². The number of carbonyl (C=O) groups is 1. The van der Waals surface area contributed by atoms with E-state index in [1.807, 2.05) is 54.4 Å². The van der Waals surface area contributed by atoms with E-state index in [1.54, 1.807) is 16.8 Å². The van der Waals surface area contributed by atoms with Gasteiger partial charge in [-0.2, -0.15) is 5.10 Å². The van der Waals surface area contributed by atoms with E-state index >= 15 is 0 Å². The zero-order valence-electron chi connectivity index (χ0n) is 18.7. The molecular formula is C26H28ClN3O3. The number of rotatable bonds is 8. The van der Waals surface area contributed by atoms with Gasteiger partial charge in [0.2, 0.25) is 11.8 Å². The lowest BCUT2D eigenvalue weighted by atomic mass is 10.1. The zero-order chi connectivity index (χ0) is 22.8. The highest BCUT2D eigenvalue weighted by Gasteiger charge is 2.36. The minimum atomic E-state index is 0.0881. The molecule has 2 aliphatic rings. The summed E-state index contributed by atoms with van der Waals surface area (Å²) in [4.78, 5) is 15.2. The van der Waals surface area contributed by atoms with E-state index < -0.39 is 0 Å². The molecule has 1 amide bonds. The number of amides is 1. The van der Waals surface area contributed by atoms with Crippen LogP contribution in [0, 0.1) is 5.92 Å². The van der Waals surface area contributed by atoms with E-state index in [9.17, 15) is 4.79 Å². The van der Waals surface area contributed by atoms with Gasteiger partial charge in [0, 0.05) is 36.7 Å². The van der Waals surface area contributed by atoms with Gasteiger partial charge in [-0.25, -0.2) is 4.68 Å². The number of benzene rings is 2. The Hall–Kier alpha value is -2.83. The van der Waals surface area contributed by atoms with Crippen LogP contribution in [0.5, 0.6) is 11.6 Å². The highest BCUT2D eigenvalue weighted by molar-refractivity contribution is 6.30. The number of hydrogen-bond acceptors (Lipinski definition) is 4. The van der Waals surface area contributed by atoms with Gasteiger partial charge in [-0.3, -0.25) is 4.79 Å². The first kappa shape index (κ1) is 22.0. The molecule has 172 valence electrons. The van der Waals surface area contributed by atoms with Crippen LogP contribution in [0.2, 0.25) is 5.02 Å². The molecule has 1 aliphatic heterocycles. The maximum Gasteiger partial charge on any atom is 0.226 e. The Labute approximate surface area is 199 Å². The fraction of sp³-hybridized carbons (Fsp3) is 0.385. The number of carbonyl (C=O) groups excluding carboxylic acids is 1. The fourth-order valence-electron chi connectivity index (χ4n) is 4.31. The number of halogens is 1. The number of aromatic nitrogens is 2. The molecule has 2 fully saturated rings. The van der Waals surface area contributed by atoms with E-state index in [0.717, 1.165) is 49.1 Å². The van der Waals surface area contributed by atoms with Crippen molar-refractivity contribution >= 4 is 17.5 Å². The van der Waals surface area contributed by atoms with E-state index in [2.05, 4.69) is 0 Å². The van der Waals surface area contributed by atoms with Crippen LogP contribution in [0.25, 0.3) is 11.3 Å². The van der Waals surface area contributed by atoms with Crippen molar-refractivity contribution in [2.45, 2.75) is 38.3 Å². The van der Waals surface area contributed by atoms with Gasteiger partial charge >= 0.3 is 0 Å². The molecule has 0 radical (unpaired) electrons. The summed E-state index contributed by atoms with van der Waals surface area (Å²) in [6.07, 6.45) is 4.05. The van der Waals surface area contributed by atoms with Crippen molar-refractivity contribution in [2.75, 3.05) is 13.2 Å². The average Bonchev–Trinajstić information content (AvgIpc) is 3.48. The topological polar surface area (TPSA) is 56.6 Å². The largest absolute Gasteiger partial charge is 0.439 e. The molecule has 3 aromatic rings. The van der Waals surface area contributed by atoms with Crippen LogP contribution in [0.15, 0.2) is 54.6 Å². The SMILES string of the molecule is Cn1nc(-c2ccccc2)c(CN(C[C@H]2CCCO2)C(=O)C2CC2)c1Oc1ccc(Cl)cc1. The molecular weight excluding hydrogens is 438 g/mol. The van der Waals surface area contributed by atoms with Crippen LogP contribution in [0.4, 0.5) is 0 Å². The Morgan fingerprint density at radius 2 is 1.91 bits per heavy atom. The minimum absolute atomic E-state index is 0.0881. The summed E-state index contributed by atoms with van der Waals surface area (Å²) in [5.41, 5.74) is 2.71. The van der Waals surface area contributed by atoms with Crippen molar-refractivity contribution in [3.63, 3.8) is 0 Å². The molecule has 1 saturated heterocycles. The standard InChI is InChI=1S/C26H28ClN3O3/c1-29-26(33-21-13-11-20(27)12-14-21)23(24(28-29)18-6-3-2-4-7-18)17-30(25(31)19-9-10-19)16-22-8-5-15-32-22/h2-4,6-7,11-14,19,22H,5,8-10,15-17H2,1H3/t22-/m1/s1. The van der Waals surface area contributed by atoms with E-state index in [4.69, 9.17) is 26.2 Å². The van der Waals surface area contributed by atoms with Crippen LogP contribution in [0.1, 0.15) is 31.2 Å². The van der Waals surface area contributed by atoms with Gasteiger partial charge in [-0.1, -0.05) is 41.9 Å². The molecule has 1 atom stereocenters. The smallest absolute Gasteiger partial charge is 0.226 e. The summed E-state index contributed by atoms with van der Waals surface area (Å²) in [6.45, 7) is 1.79. The van der Waals surface area contributed by atoms with Crippen LogP contribution >= 0.6 is 11.6 Å². The molecule has 0 unspecified atom stereocenters. The Morgan fingerprint density at radius 1 is 1.15 bits per heavy atom. The van der Waals surface area contributed by atoms with Gasteiger partial charge in [0.1, 0.15) is 11.4 Å². The molecule has 1 aromatic heterocycles. The molecule has 0 spiro atoms. The average molecular weight is 466 g/mol. The Kier molecular flexibility index (Phi) is 6.38. The summed E-state index contributed by atoms with van der Waals surface area (Å²) >= 11 is 6.05. The maximum absolute atomic E-state index is 13.2. The van der Waals surface area contributed by atoms with Crippen LogP contribution in [0.3, 0.4) is 0 Å². The predicted octanol–water partition coefficient (Wildman–Crippen LogP) is 5.45. The first-order valence-corrected chi connectivity index (χ1v) is 11.9. The summed E-state index contributed by atoms with van der Waals surface area (Å²) in [6, 6.07) is 17.3. The quantitative estimate of drug-likeness (QED) is 0.444. The van der Waals surface area contributed by atoms with Crippen molar-refractivity contribution in [3.8, 4) is 22.9 Å². The predicted molar refractivity (Wildman–Crippen MR) is 127 cm³/mol. The number of ether oxygens (including phenoxy) is 2. The van der Waals surface area contributed by atoms with E-state index in [-0.39, 0.29) is 17.9 Å². The molecule has 6 nitrogen and oxygen atoms in total. The lowest BCUT2D eigenvalue weighted by Crippen LogP contribution is -2.38.